The van der Waals surface area contributed by atoms with Gasteiger partial charge in [-0.05, 0) is 39.2 Å². The van der Waals surface area contributed by atoms with Crippen LogP contribution in [0.1, 0.15) is 33.1 Å². The van der Waals surface area contributed by atoms with Crippen molar-refractivity contribution in [1.29, 1.82) is 0 Å². The van der Waals surface area contributed by atoms with E-state index in [0.717, 1.165) is 24.8 Å². The van der Waals surface area contributed by atoms with Crippen LogP contribution in [0.15, 0.2) is 22.8 Å². The van der Waals surface area contributed by atoms with Crippen LogP contribution in [0.5, 0.6) is 0 Å². The van der Waals surface area contributed by atoms with Crippen LogP contribution < -0.4 is 0 Å². The lowest BCUT2D eigenvalue weighted by Gasteiger charge is -2.23. The van der Waals surface area contributed by atoms with E-state index in [0.29, 0.717) is 0 Å². The number of allylic oxidation sites excluding steroid dienone is 3. The summed E-state index contributed by atoms with van der Waals surface area (Å²) in [4.78, 5) is 11.6. The predicted octanol–water partition coefficient (Wildman–Crippen LogP) is 2.61. The highest BCUT2D eigenvalue weighted by molar-refractivity contribution is 5.91. The van der Waals surface area contributed by atoms with Crippen molar-refractivity contribution >= 4 is 5.97 Å². The summed E-state index contributed by atoms with van der Waals surface area (Å²) in [6.07, 6.45) is 5.33. The molecule has 0 aromatic rings. The van der Waals surface area contributed by atoms with Crippen LogP contribution in [0.2, 0.25) is 0 Å². The third-order valence-corrected chi connectivity index (χ3v) is 3.47. The van der Waals surface area contributed by atoms with Crippen LogP contribution in [0.4, 0.5) is 0 Å². The number of ether oxygens (including phenoxy) is 1. The summed E-state index contributed by atoms with van der Waals surface area (Å²) >= 11 is 0. The highest BCUT2D eigenvalue weighted by Crippen LogP contribution is 2.58. The maximum absolute atomic E-state index is 11.6. The quantitative estimate of drug-likeness (QED) is 0.597. The standard InChI is InChI=1S/C12H16O2/c1-8-6-10(11(13)14-3)12(4-5-12)7-9(8)2/h6H,4-5,7H2,1-3H3. The smallest absolute Gasteiger partial charge is 0.334 e. The van der Waals surface area contributed by atoms with Gasteiger partial charge in [0, 0.05) is 11.0 Å². The van der Waals surface area contributed by atoms with Crippen molar-refractivity contribution < 1.29 is 9.53 Å². The second-order valence-electron chi connectivity index (χ2n) is 4.47. The molecule has 0 unspecified atom stereocenters. The summed E-state index contributed by atoms with van der Waals surface area (Å²) < 4.78 is 4.82. The average Bonchev–Trinajstić information content (AvgIpc) is 2.91. The van der Waals surface area contributed by atoms with E-state index in [1.807, 2.05) is 6.08 Å². The van der Waals surface area contributed by atoms with Gasteiger partial charge in [0.25, 0.3) is 0 Å². The predicted molar refractivity (Wildman–Crippen MR) is 54.8 cm³/mol. The summed E-state index contributed by atoms with van der Waals surface area (Å²) in [5.41, 5.74) is 3.68. The molecular formula is C12H16O2. The highest BCUT2D eigenvalue weighted by atomic mass is 16.5. The number of carbonyl (C=O) groups excluding carboxylic acids is 1. The molecule has 76 valence electrons. The Morgan fingerprint density at radius 3 is 2.57 bits per heavy atom. The topological polar surface area (TPSA) is 26.3 Å². The van der Waals surface area contributed by atoms with Crippen LogP contribution in [0.25, 0.3) is 0 Å². The van der Waals surface area contributed by atoms with Crippen LogP contribution in [-0.4, -0.2) is 13.1 Å². The van der Waals surface area contributed by atoms with Gasteiger partial charge in [-0.3, -0.25) is 0 Å². The summed E-state index contributed by atoms with van der Waals surface area (Å²) in [6.45, 7) is 4.22. The molecule has 0 aromatic carbocycles. The van der Waals surface area contributed by atoms with E-state index in [1.165, 1.54) is 18.3 Å². The van der Waals surface area contributed by atoms with Crippen LogP contribution in [-0.2, 0) is 9.53 Å². The average molecular weight is 192 g/mol. The molecule has 0 N–H and O–H groups in total. The fraction of sp³-hybridized carbons (Fsp3) is 0.583. The Hall–Kier alpha value is -1.05. The molecule has 0 saturated heterocycles. The number of esters is 1. The zero-order chi connectivity index (χ0) is 10.3. The molecule has 14 heavy (non-hydrogen) atoms. The molecule has 0 bridgehead atoms. The van der Waals surface area contributed by atoms with Crippen LogP contribution in [0, 0.1) is 5.41 Å². The van der Waals surface area contributed by atoms with Gasteiger partial charge in [0.1, 0.15) is 0 Å². The molecule has 0 aliphatic heterocycles. The van der Waals surface area contributed by atoms with Gasteiger partial charge in [0.05, 0.1) is 7.11 Å². The zero-order valence-electron chi connectivity index (χ0n) is 9.02. The molecule has 0 atom stereocenters. The van der Waals surface area contributed by atoms with E-state index in [9.17, 15) is 4.79 Å². The van der Waals surface area contributed by atoms with Gasteiger partial charge < -0.3 is 4.74 Å². The molecule has 0 radical (unpaired) electrons. The maximum atomic E-state index is 11.6. The number of hydrogen-bond acceptors (Lipinski definition) is 2. The first-order valence-corrected chi connectivity index (χ1v) is 5.06. The first-order chi connectivity index (χ1) is 6.59. The zero-order valence-corrected chi connectivity index (χ0v) is 9.02. The molecule has 2 aliphatic rings. The van der Waals surface area contributed by atoms with E-state index >= 15 is 0 Å². The molecule has 0 heterocycles. The van der Waals surface area contributed by atoms with Crippen molar-refractivity contribution in [2.75, 3.05) is 7.11 Å². The Balaban J connectivity index is 2.36. The van der Waals surface area contributed by atoms with E-state index in [1.54, 1.807) is 0 Å². The third-order valence-electron chi connectivity index (χ3n) is 3.47. The molecule has 2 rings (SSSR count). The SMILES string of the molecule is COC(=O)C1=CC(C)=C(C)CC12CC2. The van der Waals surface area contributed by atoms with Crippen molar-refractivity contribution in [3.8, 4) is 0 Å². The third kappa shape index (κ3) is 1.29. The van der Waals surface area contributed by atoms with Crippen molar-refractivity contribution in [2.45, 2.75) is 33.1 Å². The first-order valence-electron chi connectivity index (χ1n) is 5.06. The summed E-state index contributed by atoms with van der Waals surface area (Å²) in [5, 5.41) is 0. The lowest BCUT2D eigenvalue weighted by molar-refractivity contribution is -0.136. The Labute approximate surface area is 84.6 Å². The molecule has 2 aliphatic carbocycles. The molecular weight excluding hydrogens is 176 g/mol. The Morgan fingerprint density at radius 1 is 1.43 bits per heavy atom. The second kappa shape index (κ2) is 2.97. The molecule has 2 heteroatoms. The fourth-order valence-electron chi connectivity index (χ4n) is 2.22. The molecule has 1 saturated carbocycles. The molecule has 0 amide bonds. The Kier molecular flexibility index (Phi) is 2.02. The number of rotatable bonds is 1. The Morgan fingerprint density at radius 2 is 2.07 bits per heavy atom. The highest BCUT2D eigenvalue weighted by Gasteiger charge is 2.50. The van der Waals surface area contributed by atoms with Gasteiger partial charge >= 0.3 is 5.97 Å². The van der Waals surface area contributed by atoms with E-state index in [4.69, 9.17) is 4.74 Å². The number of hydrogen-bond donors (Lipinski definition) is 0. The van der Waals surface area contributed by atoms with Crippen LogP contribution in [0.3, 0.4) is 0 Å². The van der Waals surface area contributed by atoms with Gasteiger partial charge in [0.2, 0.25) is 0 Å². The minimum atomic E-state index is -0.144. The van der Waals surface area contributed by atoms with Gasteiger partial charge in [-0.1, -0.05) is 11.1 Å². The van der Waals surface area contributed by atoms with Gasteiger partial charge in [-0.15, -0.1) is 0 Å². The minimum absolute atomic E-state index is 0.144. The summed E-state index contributed by atoms with van der Waals surface area (Å²) in [6, 6.07) is 0. The van der Waals surface area contributed by atoms with Gasteiger partial charge in [-0.2, -0.15) is 0 Å². The summed E-state index contributed by atoms with van der Waals surface area (Å²) in [5.74, 6) is -0.144. The normalized spacial score (nSPS) is 23.5. The van der Waals surface area contributed by atoms with E-state index in [2.05, 4.69) is 13.8 Å². The molecule has 0 aromatic heterocycles. The van der Waals surface area contributed by atoms with Crippen molar-refractivity contribution in [2.24, 2.45) is 5.41 Å². The van der Waals surface area contributed by atoms with Gasteiger partial charge in [-0.25, -0.2) is 4.79 Å². The van der Waals surface area contributed by atoms with Gasteiger partial charge in [0.15, 0.2) is 0 Å². The first kappa shape index (κ1) is 9.50. The van der Waals surface area contributed by atoms with E-state index in [-0.39, 0.29) is 11.4 Å². The second-order valence-corrected chi connectivity index (χ2v) is 4.47. The number of carbonyl (C=O) groups is 1. The van der Waals surface area contributed by atoms with Crippen molar-refractivity contribution in [3.05, 3.63) is 22.8 Å². The molecule has 2 nitrogen and oxygen atoms in total. The summed E-state index contributed by atoms with van der Waals surface area (Å²) in [7, 11) is 1.46. The Bertz CT molecular complexity index is 343. The van der Waals surface area contributed by atoms with E-state index < -0.39 is 0 Å². The minimum Gasteiger partial charge on any atom is -0.466 e. The molecule has 1 spiro atoms. The van der Waals surface area contributed by atoms with Crippen molar-refractivity contribution in [1.82, 2.24) is 0 Å². The monoisotopic (exact) mass is 192 g/mol. The fourth-order valence-corrected chi connectivity index (χ4v) is 2.22. The largest absolute Gasteiger partial charge is 0.466 e. The lowest BCUT2D eigenvalue weighted by Crippen LogP contribution is -2.19. The van der Waals surface area contributed by atoms with Crippen LogP contribution >= 0.6 is 0 Å². The lowest BCUT2D eigenvalue weighted by atomic mass is 9.82. The number of methoxy groups -OCH3 is 1. The molecule has 1 fully saturated rings. The van der Waals surface area contributed by atoms with Crippen molar-refractivity contribution in [3.63, 3.8) is 0 Å². The maximum Gasteiger partial charge on any atom is 0.334 e.